The molecule has 0 bridgehead atoms. The molecule has 4 N–H and O–H groups in total. The van der Waals surface area contributed by atoms with E-state index in [0.717, 1.165) is 42.5 Å². The molecule has 31 heavy (non-hydrogen) atoms. The highest BCUT2D eigenvalue weighted by Gasteiger charge is 2.29. The van der Waals surface area contributed by atoms with Crippen LogP contribution in [-0.2, 0) is 0 Å². The number of rotatable bonds is 5. The Morgan fingerprint density at radius 1 is 1.42 bits per heavy atom. The van der Waals surface area contributed by atoms with Crippen molar-refractivity contribution in [3.63, 3.8) is 0 Å². The number of anilines is 2. The molecule has 9 heteroatoms. The second kappa shape index (κ2) is 8.48. The zero-order valence-electron chi connectivity index (χ0n) is 17.7. The number of nitrogens with zero attached hydrogens (tertiary/aromatic N) is 3. The molecule has 1 aromatic carbocycles. The molecule has 0 unspecified atom stereocenters. The van der Waals surface area contributed by atoms with E-state index in [1.54, 1.807) is 29.0 Å². The molecule has 2 atom stereocenters. The van der Waals surface area contributed by atoms with Crippen LogP contribution in [0.15, 0.2) is 30.4 Å². The lowest BCUT2D eigenvalue weighted by molar-refractivity contribution is 0.100. The molecule has 160 valence electrons. The van der Waals surface area contributed by atoms with E-state index in [-0.39, 0.29) is 23.4 Å². The van der Waals surface area contributed by atoms with Gasteiger partial charge in [0.25, 0.3) is 5.91 Å². The standard InChI is InChI=1S/C22H26BN5O3/c1-13(2)17-10-23(30)31-20-8-7-15(9-16(17)20)26-22-18(21(25)29)12-28(27-22)19-6-4-3-5-14(19)11-24/h7-10,12-14,19,30H,3-6H2,1-2H3,(H2,25,29)(H,26,27)/t14-,19+/m0/s1. The number of carbonyl (C=O) groups is 1. The number of primary amides is 1. The minimum absolute atomic E-state index is 0.0682. The van der Waals surface area contributed by atoms with Crippen molar-refractivity contribution in [2.75, 3.05) is 5.32 Å². The van der Waals surface area contributed by atoms with Gasteiger partial charge in [0.05, 0.1) is 18.0 Å². The number of nitrogens with two attached hydrogens (primary N) is 1. The van der Waals surface area contributed by atoms with Crippen LogP contribution < -0.4 is 15.7 Å². The largest absolute Gasteiger partial charge is 0.552 e. The maximum absolute atomic E-state index is 12.1. The van der Waals surface area contributed by atoms with Gasteiger partial charge in [0.1, 0.15) is 11.3 Å². The number of amides is 1. The number of fused-ring (bicyclic) bond motifs is 1. The molecule has 4 rings (SSSR count). The number of nitrogens with one attached hydrogen (secondary N) is 1. The summed E-state index contributed by atoms with van der Waals surface area (Å²) in [6.07, 6.45) is 5.37. The lowest BCUT2D eigenvalue weighted by Gasteiger charge is -2.26. The van der Waals surface area contributed by atoms with E-state index in [0.29, 0.717) is 11.6 Å². The Balaban J connectivity index is 1.67. The molecule has 1 aliphatic heterocycles. The van der Waals surface area contributed by atoms with Crippen LogP contribution in [-0.4, -0.2) is 27.8 Å². The first-order valence-electron chi connectivity index (χ1n) is 10.6. The first-order chi connectivity index (χ1) is 14.9. The van der Waals surface area contributed by atoms with E-state index in [9.17, 15) is 15.1 Å². The van der Waals surface area contributed by atoms with Crippen LogP contribution in [0.1, 0.15) is 61.5 Å². The monoisotopic (exact) mass is 419 g/mol. The van der Waals surface area contributed by atoms with Crippen LogP contribution in [0.4, 0.5) is 11.5 Å². The van der Waals surface area contributed by atoms with Crippen molar-refractivity contribution < 1.29 is 14.5 Å². The molecule has 0 saturated heterocycles. The summed E-state index contributed by atoms with van der Waals surface area (Å²) in [6, 6.07) is 7.80. The van der Waals surface area contributed by atoms with Gasteiger partial charge < -0.3 is 20.7 Å². The Bertz CT molecular complexity index is 1070. The number of hydrogen-bond acceptors (Lipinski definition) is 6. The molecular formula is C22H26BN5O3. The van der Waals surface area contributed by atoms with Gasteiger partial charge in [0.2, 0.25) is 0 Å². The fraction of sp³-hybridized carbons (Fsp3) is 0.409. The third-order valence-corrected chi connectivity index (χ3v) is 5.98. The highest BCUT2D eigenvalue weighted by atomic mass is 16.5. The van der Waals surface area contributed by atoms with Crippen LogP contribution in [0.2, 0.25) is 0 Å². The van der Waals surface area contributed by atoms with Crippen molar-refractivity contribution in [3.05, 3.63) is 41.5 Å². The summed E-state index contributed by atoms with van der Waals surface area (Å²) in [4.78, 5) is 12.1. The molecular weight excluding hydrogens is 393 g/mol. The van der Waals surface area contributed by atoms with Crippen LogP contribution in [0.25, 0.3) is 5.57 Å². The third-order valence-electron chi connectivity index (χ3n) is 5.98. The summed E-state index contributed by atoms with van der Waals surface area (Å²) < 4.78 is 7.23. The SMILES string of the molecule is CC(C)C1=CB(O)Oc2ccc(Nc3nn([C@@H]4CCCC[C@H]4C#N)cc3C(N)=O)cc21. The summed E-state index contributed by atoms with van der Waals surface area (Å²) in [5.41, 5.74) is 8.48. The van der Waals surface area contributed by atoms with Crippen molar-refractivity contribution in [2.24, 2.45) is 17.6 Å². The number of hydrogen-bond donors (Lipinski definition) is 3. The van der Waals surface area contributed by atoms with E-state index in [4.69, 9.17) is 10.4 Å². The Kier molecular flexibility index (Phi) is 5.74. The van der Waals surface area contributed by atoms with Gasteiger partial charge in [-0.1, -0.05) is 26.7 Å². The minimum Gasteiger partial charge on any atom is -0.532 e. The molecule has 0 radical (unpaired) electrons. The quantitative estimate of drug-likeness (QED) is 0.638. The Morgan fingerprint density at radius 3 is 2.90 bits per heavy atom. The maximum atomic E-state index is 12.1. The summed E-state index contributed by atoms with van der Waals surface area (Å²) in [5.74, 6) is 2.15. The predicted molar refractivity (Wildman–Crippen MR) is 118 cm³/mol. The van der Waals surface area contributed by atoms with E-state index in [1.807, 2.05) is 6.07 Å². The number of allylic oxidation sites excluding steroid dienone is 1. The zero-order chi connectivity index (χ0) is 22.1. The second-order valence-electron chi connectivity index (χ2n) is 8.44. The summed E-state index contributed by atoms with van der Waals surface area (Å²) in [5, 5.41) is 27.3. The molecule has 1 saturated carbocycles. The fourth-order valence-corrected chi connectivity index (χ4v) is 4.40. The number of carbonyl (C=O) groups excluding carboxylic acids is 1. The summed E-state index contributed by atoms with van der Waals surface area (Å²) >= 11 is 0. The first-order valence-corrected chi connectivity index (χ1v) is 10.6. The van der Waals surface area contributed by atoms with Crippen molar-refractivity contribution >= 4 is 30.1 Å². The summed E-state index contributed by atoms with van der Waals surface area (Å²) in [6.45, 7) is 4.10. The van der Waals surface area contributed by atoms with Crippen LogP contribution >= 0.6 is 0 Å². The molecule has 2 heterocycles. The van der Waals surface area contributed by atoms with Crippen LogP contribution in [0.3, 0.4) is 0 Å². The van der Waals surface area contributed by atoms with Gasteiger partial charge in [0.15, 0.2) is 5.82 Å². The Morgan fingerprint density at radius 2 is 2.19 bits per heavy atom. The highest BCUT2D eigenvalue weighted by molar-refractivity contribution is 6.52. The van der Waals surface area contributed by atoms with Crippen LogP contribution in [0, 0.1) is 23.2 Å². The fourth-order valence-electron chi connectivity index (χ4n) is 4.40. The third kappa shape index (κ3) is 4.16. The lowest BCUT2D eigenvalue weighted by atomic mass is 9.78. The molecule has 1 fully saturated rings. The molecule has 1 aromatic heterocycles. The van der Waals surface area contributed by atoms with Crippen molar-refractivity contribution in [3.8, 4) is 11.8 Å². The summed E-state index contributed by atoms with van der Waals surface area (Å²) in [7, 11) is -0.968. The average Bonchev–Trinajstić information content (AvgIpc) is 3.17. The van der Waals surface area contributed by atoms with Crippen LogP contribution in [0.5, 0.6) is 5.75 Å². The average molecular weight is 419 g/mol. The number of aromatic nitrogens is 2. The van der Waals surface area contributed by atoms with E-state index in [2.05, 4.69) is 30.3 Å². The van der Waals surface area contributed by atoms with E-state index >= 15 is 0 Å². The Labute approximate surface area is 181 Å². The minimum atomic E-state index is -0.968. The van der Waals surface area contributed by atoms with Crippen molar-refractivity contribution in [2.45, 2.75) is 45.6 Å². The predicted octanol–water partition coefficient (Wildman–Crippen LogP) is 3.43. The molecule has 1 amide bonds. The number of benzene rings is 1. The number of nitriles is 1. The zero-order valence-corrected chi connectivity index (χ0v) is 17.7. The van der Waals surface area contributed by atoms with Crippen molar-refractivity contribution in [1.82, 2.24) is 9.78 Å². The van der Waals surface area contributed by atoms with Crippen molar-refractivity contribution in [1.29, 1.82) is 5.26 Å². The molecule has 1 aliphatic carbocycles. The second-order valence-corrected chi connectivity index (χ2v) is 8.44. The normalized spacial score (nSPS) is 20.5. The topological polar surface area (TPSA) is 126 Å². The molecule has 8 nitrogen and oxygen atoms in total. The van der Waals surface area contributed by atoms with E-state index in [1.165, 1.54) is 0 Å². The smallest absolute Gasteiger partial charge is 0.532 e. The molecule has 2 aromatic rings. The van der Waals surface area contributed by atoms with Gasteiger partial charge in [-0.05, 0) is 48.5 Å². The van der Waals surface area contributed by atoms with Gasteiger partial charge in [-0.3, -0.25) is 9.48 Å². The van der Waals surface area contributed by atoms with Gasteiger partial charge in [-0.25, -0.2) is 0 Å². The maximum Gasteiger partial charge on any atom is 0.552 e. The van der Waals surface area contributed by atoms with Gasteiger partial charge >= 0.3 is 7.12 Å². The van der Waals surface area contributed by atoms with Gasteiger partial charge in [-0.15, -0.1) is 0 Å². The highest BCUT2D eigenvalue weighted by Crippen LogP contribution is 2.38. The first kappa shape index (κ1) is 21.0. The molecule has 2 aliphatic rings. The van der Waals surface area contributed by atoms with Gasteiger partial charge in [0, 0.05) is 17.4 Å². The van der Waals surface area contributed by atoms with Gasteiger partial charge in [-0.2, -0.15) is 10.4 Å². The Hall–Kier alpha value is -3.25. The lowest BCUT2D eigenvalue weighted by Crippen LogP contribution is -2.24. The molecule has 0 spiro atoms. The van der Waals surface area contributed by atoms with E-state index < -0.39 is 13.0 Å².